The van der Waals surface area contributed by atoms with Crippen molar-refractivity contribution in [1.29, 1.82) is 5.26 Å². The minimum atomic E-state index is -0.597. The molecule has 0 heterocycles. The Bertz CT molecular complexity index is 857. The number of carbonyl (C=O) groups excluding carboxylic acids is 1. The van der Waals surface area contributed by atoms with Crippen molar-refractivity contribution in [3.05, 3.63) is 64.4 Å². The van der Waals surface area contributed by atoms with Crippen molar-refractivity contribution in [2.24, 2.45) is 0 Å². The van der Waals surface area contributed by atoms with Crippen molar-refractivity contribution in [2.45, 2.75) is 26.2 Å². The van der Waals surface area contributed by atoms with Crippen LogP contribution in [0.3, 0.4) is 0 Å². The topological polar surface area (TPSA) is 62.1 Å². The van der Waals surface area contributed by atoms with Crippen molar-refractivity contribution in [3.63, 3.8) is 0 Å². The number of unbranched alkanes of at least 4 members (excludes halogenated alkanes) is 2. The van der Waals surface area contributed by atoms with Crippen molar-refractivity contribution in [2.75, 3.05) is 11.9 Å². The first-order valence-corrected chi connectivity index (χ1v) is 9.02. The van der Waals surface area contributed by atoms with Crippen LogP contribution in [0, 0.1) is 17.1 Å². The molecule has 0 aliphatic carbocycles. The lowest BCUT2D eigenvalue weighted by molar-refractivity contribution is -0.112. The molecule has 0 saturated heterocycles. The molecule has 2 aromatic carbocycles. The van der Waals surface area contributed by atoms with Crippen LogP contribution in [-0.4, -0.2) is 12.5 Å². The van der Waals surface area contributed by atoms with Crippen LogP contribution in [-0.2, 0) is 4.79 Å². The van der Waals surface area contributed by atoms with Gasteiger partial charge in [0.2, 0.25) is 0 Å². The normalized spacial score (nSPS) is 11.0. The summed E-state index contributed by atoms with van der Waals surface area (Å²) in [6.07, 6.45) is 4.74. The number of nitriles is 1. The molecule has 0 aromatic heterocycles. The third-order valence-corrected chi connectivity index (χ3v) is 4.04. The van der Waals surface area contributed by atoms with E-state index in [2.05, 4.69) is 12.2 Å². The Morgan fingerprint density at radius 2 is 2.00 bits per heavy atom. The van der Waals surface area contributed by atoms with Crippen LogP contribution >= 0.6 is 11.6 Å². The summed E-state index contributed by atoms with van der Waals surface area (Å²) in [5.41, 5.74) is 0.926. The van der Waals surface area contributed by atoms with E-state index in [9.17, 15) is 14.4 Å². The van der Waals surface area contributed by atoms with Gasteiger partial charge in [-0.15, -0.1) is 0 Å². The molecule has 4 nitrogen and oxygen atoms in total. The Kier molecular flexibility index (Phi) is 7.84. The fourth-order valence-corrected chi connectivity index (χ4v) is 2.47. The van der Waals surface area contributed by atoms with Crippen molar-refractivity contribution >= 4 is 29.3 Å². The summed E-state index contributed by atoms with van der Waals surface area (Å²) in [7, 11) is 0. The van der Waals surface area contributed by atoms with Crippen LogP contribution in [0.25, 0.3) is 6.08 Å². The van der Waals surface area contributed by atoms with Gasteiger partial charge in [-0.3, -0.25) is 4.79 Å². The van der Waals surface area contributed by atoms with Gasteiger partial charge in [0.15, 0.2) is 0 Å². The van der Waals surface area contributed by atoms with Gasteiger partial charge >= 0.3 is 0 Å². The van der Waals surface area contributed by atoms with E-state index in [0.29, 0.717) is 17.9 Å². The van der Waals surface area contributed by atoms with Crippen LogP contribution < -0.4 is 10.1 Å². The number of ether oxygens (including phenoxy) is 1. The first-order valence-electron chi connectivity index (χ1n) is 8.64. The van der Waals surface area contributed by atoms with E-state index in [1.807, 2.05) is 6.07 Å². The molecule has 140 valence electrons. The Balaban J connectivity index is 2.02. The van der Waals surface area contributed by atoms with Crippen LogP contribution in [0.4, 0.5) is 10.1 Å². The highest BCUT2D eigenvalue weighted by Crippen LogP contribution is 2.20. The van der Waals surface area contributed by atoms with Crippen LogP contribution in [0.5, 0.6) is 5.75 Å². The molecule has 2 aromatic rings. The summed E-state index contributed by atoms with van der Waals surface area (Å²) in [6.45, 7) is 2.80. The predicted octanol–water partition coefficient (Wildman–Crippen LogP) is 5.59. The molecule has 0 bridgehead atoms. The molecule has 0 spiro atoms. The summed E-state index contributed by atoms with van der Waals surface area (Å²) in [4.78, 5) is 12.3. The number of hydrogen-bond donors (Lipinski definition) is 1. The number of nitrogens with one attached hydrogen (secondary N) is 1. The van der Waals surface area contributed by atoms with Crippen molar-refractivity contribution in [1.82, 2.24) is 0 Å². The smallest absolute Gasteiger partial charge is 0.266 e. The van der Waals surface area contributed by atoms with E-state index < -0.39 is 11.7 Å². The third-order valence-electron chi connectivity index (χ3n) is 3.75. The molecule has 27 heavy (non-hydrogen) atoms. The number of hydrogen-bond acceptors (Lipinski definition) is 3. The van der Waals surface area contributed by atoms with Crippen molar-refractivity contribution < 1.29 is 13.9 Å². The molecule has 0 atom stereocenters. The second-order valence-electron chi connectivity index (χ2n) is 5.88. The minimum Gasteiger partial charge on any atom is -0.494 e. The molecule has 1 N–H and O–H groups in total. The number of rotatable bonds is 8. The van der Waals surface area contributed by atoms with E-state index in [1.165, 1.54) is 18.2 Å². The van der Waals surface area contributed by atoms with Gasteiger partial charge in [0, 0.05) is 5.69 Å². The fourth-order valence-electron chi connectivity index (χ4n) is 2.29. The van der Waals surface area contributed by atoms with Gasteiger partial charge in [-0.2, -0.15) is 5.26 Å². The fraction of sp³-hybridized carbons (Fsp3) is 0.238. The lowest BCUT2D eigenvalue weighted by Crippen LogP contribution is -2.13. The van der Waals surface area contributed by atoms with E-state index in [4.69, 9.17) is 16.3 Å². The summed E-state index contributed by atoms with van der Waals surface area (Å²) in [5.74, 6) is -0.435. The second kappa shape index (κ2) is 10.3. The Hall–Kier alpha value is -2.84. The van der Waals surface area contributed by atoms with Gasteiger partial charge < -0.3 is 10.1 Å². The molecule has 0 aliphatic heterocycles. The number of amides is 1. The molecule has 2 rings (SSSR count). The lowest BCUT2D eigenvalue weighted by Gasteiger charge is -2.07. The summed E-state index contributed by atoms with van der Waals surface area (Å²) >= 11 is 5.69. The van der Waals surface area contributed by atoms with Crippen LogP contribution in [0.15, 0.2) is 48.0 Å². The highest BCUT2D eigenvalue weighted by Gasteiger charge is 2.11. The summed E-state index contributed by atoms with van der Waals surface area (Å²) in [5, 5.41) is 11.7. The first-order chi connectivity index (χ1) is 13.0. The second-order valence-corrected chi connectivity index (χ2v) is 6.28. The number of halogens is 2. The summed E-state index contributed by atoms with van der Waals surface area (Å²) in [6, 6.07) is 12.8. The number of benzene rings is 2. The number of carbonyl (C=O) groups is 1. The van der Waals surface area contributed by atoms with Gasteiger partial charge in [-0.05, 0) is 48.4 Å². The monoisotopic (exact) mass is 386 g/mol. The molecular weight excluding hydrogens is 367 g/mol. The molecule has 0 saturated carbocycles. The molecule has 6 heteroatoms. The number of anilines is 1. The molecule has 0 aliphatic rings. The quantitative estimate of drug-likeness (QED) is 0.365. The van der Waals surface area contributed by atoms with E-state index in [0.717, 1.165) is 31.1 Å². The molecular formula is C21H20ClFN2O2. The SMILES string of the molecule is CCCCCOc1ccc(/C=C(\C#N)C(=O)Nc2ccc(F)c(Cl)c2)cc1. The molecule has 0 unspecified atom stereocenters. The minimum absolute atomic E-state index is 0.0768. The van der Waals surface area contributed by atoms with E-state index in [-0.39, 0.29) is 10.6 Å². The Morgan fingerprint density at radius 1 is 1.26 bits per heavy atom. The van der Waals surface area contributed by atoms with E-state index >= 15 is 0 Å². The van der Waals surface area contributed by atoms with Crippen LogP contribution in [0.2, 0.25) is 5.02 Å². The Labute approximate surface area is 163 Å². The predicted molar refractivity (Wildman–Crippen MR) is 105 cm³/mol. The highest BCUT2D eigenvalue weighted by atomic mass is 35.5. The molecule has 0 fully saturated rings. The zero-order valence-corrected chi connectivity index (χ0v) is 15.7. The van der Waals surface area contributed by atoms with Gasteiger partial charge in [-0.25, -0.2) is 4.39 Å². The third kappa shape index (κ3) is 6.43. The van der Waals surface area contributed by atoms with Crippen molar-refractivity contribution in [3.8, 4) is 11.8 Å². The highest BCUT2D eigenvalue weighted by molar-refractivity contribution is 6.31. The Morgan fingerprint density at radius 3 is 2.63 bits per heavy atom. The molecule has 1 amide bonds. The maximum absolute atomic E-state index is 13.2. The zero-order chi connectivity index (χ0) is 19.6. The van der Waals surface area contributed by atoms with Gasteiger partial charge in [0.05, 0.1) is 11.6 Å². The maximum atomic E-state index is 13.2. The van der Waals surface area contributed by atoms with E-state index in [1.54, 1.807) is 24.3 Å². The first kappa shape index (κ1) is 20.5. The van der Waals surface area contributed by atoms with Gasteiger partial charge in [-0.1, -0.05) is 43.5 Å². The van der Waals surface area contributed by atoms with Gasteiger partial charge in [0.1, 0.15) is 23.2 Å². The van der Waals surface area contributed by atoms with Gasteiger partial charge in [0.25, 0.3) is 5.91 Å². The average molecular weight is 387 g/mol. The maximum Gasteiger partial charge on any atom is 0.266 e. The lowest BCUT2D eigenvalue weighted by atomic mass is 10.1. The standard InChI is InChI=1S/C21H20ClFN2O2/c1-2-3-4-11-27-18-8-5-15(6-9-18)12-16(14-24)21(26)25-17-7-10-20(23)19(22)13-17/h5-10,12-13H,2-4,11H2,1H3,(H,25,26)/b16-12+. The van der Waals surface area contributed by atoms with Crippen LogP contribution in [0.1, 0.15) is 31.7 Å². The average Bonchev–Trinajstić information content (AvgIpc) is 2.67. The molecule has 0 radical (unpaired) electrons. The summed E-state index contributed by atoms with van der Waals surface area (Å²) < 4.78 is 18.8. The number of nitrogens with zero attached hydrogens (tertiary/aromatic N) is 1. The zero-order valence-electron chi connectivity index (χ0n) is 15.0. The largest absolute Gasteiger partial charge is 0.494 e.